The van der Waals surface area contributed by atoms with Crippen molar-refractivity contribution in [3.63, 3.8) is 0 Å². The molecule has 0 fully saturated rings. The highest BCUT2D eigenvalue weighted by Crippen LogP contribution is 2.33. The molecular formula is C14H13ClINO. The smallest absolute Gasteiger partial charge is 0.149 e. The van der Waals surface area contributed by atoms with Gasteiger partial charge in [0.1, 0.15) is 11.5 Å². The van der Waals surface area contributed by atoms with Gasteiger partial charge in [0.25, 0.3) is 0 Å². The van der Waals surface area contributed by atoms with E-state index in [0.717, 1.165) is 17.7 Å². The largest absolute Gasteiger partial charge is 0.456 e. The molecule has 0 saturated heterocycles. The van der Waals surface area contributed by atoms with E-state index in [1.54, 1.807) is 0 Å². The molecular weight excluding hydrogens is 361 g/mol. The molecule has 2 aromatic rings. The van der Waals surface area contributed by atoms with Crippen LogP contribution in [-0.2, 0) is 6.42 Å². The van der Waals surface area contributed by atoms with Gasteiger partial charge in [0, 0.05) is 3.57 Å². The summed E-state index contributed by atoms with van der Waals surface area (Å²) < 4.78 is 7.02. The van der Waals surface area contributed by atoms with Gasteiger partial charge >= 0.3 is 0 Å². The molecule has 94 valence electrons. The van der Waals surface area contributed by atoms with Crippen molar-refractivity contribution in [1.29, 1.82) is 0 Å². The van der Waals surface area contributed by atoms with E-state index in [9.17, 15) is 0 Å². The molecule has 0 saturated carbocycles. The predicted octanol–water partition coefficient (Wildman–Crippen LogP) is 4.24. The number of benzene rings is 2. The van der Waals surface area contributed by atoms with Crippen molar-refractivity contribution in [3.8, 4) is 11.5 Å². The Morgan fingerprint density at radius 3 is 2.50 bits per heavy atom. The van der Waals surface area contributed by atoms with Crippen LogP contribution in [0.15, 0.2) is 42.5 Å². The van der Waals surface area contributed by atoms with E-state index in [2.05, 4.69) is 22.6 Å². The van der Waals surface area contributed by atoms with Crippen molar-refractivity contribution < 1.29 is 4.74 Å². The number of ether oxygens (including phenoxy) is 1. The van der Waals surface area contributed by atoms with Crippen LogP contribution in [0.5, 0.6) is 11.5 Å². The lowest BCUT2D eigenvalue weighted by Crippen LogP contribution is -2.04. The van der Waals surface area contributed by atoms with Gasteiger partial charge in [-0.1, -0.05) is 23.7 Å². The molecule has 0 atom stereocenters. The molecule has 0 bridgehead atoms. The summed E-state index contributed by atoms with van der Waals surface area (Å²) in [6.07, 6.45) is 0.750. The average Bonchev–Trinajstić information content (AvgIpc) is 2.36. The van der Waals surface area contributed by atoms with Crippen LogP contribution in [-0.4, -0.2) is 6.54 Å². The molecule has 0 aromatic heterocycles. The molecule has 0 aliphatic rings. The van der Waals surface area contributed by atoms with Gasteiger partial charge in [0.05, 0.1) is 5.02 Å². The number of halogens is 2. The number of nitrogens with two attached hydrogens (primary N) is 1. The number of hydrogen-bond donors (Lipinski definition) is 1. The summed E-state index contributed by atoms with van der Waals surface area (Å²) in [7, 11) is 0. The molecule has 2 N–H and O–H groups in total. The second kappa shape index (κ2) is 6.41. The Morgan fingerprint density at radius 1 is 1.11 bits per heavy atom. The Hall–Kier alpha value is -0.780. The van der Waals surface area contributed by atoms with E-state index in [1.165, 1.54) is 3.57 Å². The van der Waals surface area contributed by atoms with Crippen LogP contribution >= 0.6 is 34.2 Å². The van der Waals surface area contributed by atoms with Crippen LogP contribution < -0.4 is 10.5 Å². The highest BCUT2D eigenvalue weighted by Gasteiger charge is 2.09. The van der Waals surface area contributed by atoms with Crippen molar-refractivity contribution >= 4 is 34.2 Å². The quantitative estimate of drug-likeness (QED) is 0.814. The summed E-state index contributed by atoms with van der Waals surface area (Å²) >= 11 is 8.44. The van der Waals surface area contributed by atoms with E-state index in [4.69, 9.17) is 22.1 Å². The van der Waals surface area contributed by atoms with Gasteiger partial charge in [0.15, 0.2) is 0 Å². The fourth-order valence-electron chi connectivity index (χ4n) is 1.64. The van der Waals surface area contributed by atoms with Gasteiger partial charge < -0.3 is 10.5 Å². The first kappa shape index (κ1) is 13.6. The lowest BCUT2D eigenvalue weighted by atomic mass is 10.1. The maximum Gasteiger partial charge on any atom is 0.149 e. The Labute approximate surface area is 125 Å². The van der Waals surface area contributed by atoms with Crippen LogP contribution in [0.4, 0.5) is 0 Å². The normalized spacial score (nSPS) is 10.4. The minimum atomic E-state index is 0.573. The van der Waals surface area contributed by atoms with Gasteiger partial charge in [-0.05, 0) is 71.5 Å². The van der Waals surface area contributed by atoms with Crippen LogP contribution in [0.25, 0.3) is 0 Å². The Kier molecular flexibility index (Phi) is 4.86. The van der Waals surface area contributed by atoms with Crippen molar-refractivity contribution in [2.75, 3.05) is 6.54 Å². The second-order valence-electron chi connectivity index (χ2n) is 3.82. The molecule has 2 aromatic carbocycles. The zero-order valence-corrected chi connectivity index (χ0v) is 12.6. The summed E-state index contributed by atoms with van der Waals surface area (Å²) in [6, 6.07) is 13.6. The molecule has 0 radical (unpaired) electrons. The Morgan fingerprint density at radius 2 is 1.83 bits per heavy atom. The molecule has 2 nitrogen and oxygen atoms in total. The van der Waals surface area contributed by atoms with Crippen LogP contribution in [0.2, 0.25) is 5.02 Å². The number of para-hydroxylation sites is 1. The van der Waals surface area contributed by atoms with Crippen molar-refractivity contribution in [1.82, 2.24) is 0 Å². The van der Waals surface area contributed by atoms with Crippen molar-refractivity contribution in [2.45, 2.75) is 6.42 Å². The molecule has 0 amide bonds. The lowest BCUT2D eigenvalue weighted by molar-refractivity contribution is 0.476. The number of rotatable bonds is 4. The van der Waals surface area contributed by atoms with Gasteiger partial charge in [-0.2, -0.15) is 0 Å². The first-order valence-electron chi connectivity index (χ1n) is 5.61. The molecule has 0 heterocycles. The summed E-state index contributed by atoms with van der Waals surface area (Å²) in [6.45, 7) is 0.573. The van der Waals surface area contributed by atoms with Crippen LogP contribution in [0.3, 0.4) is 0 Å². The van der Waals surface area contributed by atoms with E-state index < -0.39 is 0 Å². The summed E-state index contributed by atoms with van der Waals surface area (Å²) in [5.74, 6) is 1.48. The Balaban J connectivity index is 2.30. The molecule has 2 rings (SSSR count). The molecule has 0 spiro atoms. The van der Waals surface area contributed by atoms with E-state index in [0.29, 0.717) is 17.3 Å². The maximum absolute atomic E-state index is 6.18. The molecule has 0 aliphatic heterocycles. The zero-order valence-electron chi connectivity index (χ0n) is 9.70. The van der Waals surface area contributed by atoms with Crippen LogP contribution in [0.1, 0.15) is 5.56 Å². The minimum Gasteiger partial charge on any atom is -0.456 e. The van der Waals surface area contributed by atoms with Gasteiger partial charge in [-0.25, -0.2) is 0 Å². The van der Waals surface area contributed by atoms with E-state index >= 15 is 0 Å². The monoisotopic (exact) mass is 373 g/mol. The molecule has 4 heteroatoms. The van der Waals surface area contributed by atoms with Crippen LogP contribution in [0, 0.1) is 3.57 Å². The minimum absolute atomic E-state index is 0.573. The third-order valence-electron chi connectivity index (χ3n) is 2.50. The van der Waals surface area contributed by atoms with E-state index in [-0.39, 0.29) is 0 Å². The highest BCUT2D eigenvalue weighted by atomic mass is 127. The van der Waals surface area contributed by atoms with Crippen molar-refractivity contribution in [2.24, 2.45) is 5.73 Å². The lowest BCUT2D eigenvalue weighted by Gasteiger charge is -2.12. The standard InChI is InChI=1S/C14H13ClINO/c15-13-3-1-2-10(8-9-17)14(13)18-12-6-4-11(16)5-7-12/h1-7H,8-9,17H2. The van der Waals surface area contributed by atoms with Gasteiger partial charge in [-0.3, -0.25) is 0 Å². The fourth-order valence-corrected chi connectivity index (χ4v) is 2.23. The molecule has 0 unspecified atom stereocenters. The van der Waals surface area contributed by atoms with Crippen molar-refractivity contribution in [3.05, 3.63) is 56.6 Å². The number of hydrogen-bond acceptors (Lipinski definition) is 2. The maximum atomic E-state index is 6.18. The van der Waals surface area contributed by atoms with E-state index in [1.807, 2.05) is 42.5 Å². The zero-order chi connectivity index (χ0) is 13.0. The topological polar surface area (TPSA) is 35.2 Å². The third-order valence-corrected chi connectivity index (χ3v) is 3.51. The predicted molar refractivity (Wildman–Crippen MR) is 83.4 cm³/mol. The second-order valence-corrected chi connectivity index (χ2v) is 5.48. The third kappa shape index (κ3) is 3.37. The molecule has 0 aliphatic carbocycles. The molecule has 18 heavy (non-hydrogen) atoms. The highest BCUT2D eigenvalue weighted by molar-refractivity contribution is 14.1. The summed E-state index contributed by atoms with van der Waals surface area (Å²) in [4.78, 5) is 0. The summed E-state index contributed by atoms with van der Waals surface area (Å²) in [5, 5.41) is 0.611. The van der Waals surface area contributed by atoms with Gasteiger partial charge in [0.2, 0.25) is 0 Å². The summed E-state index contributed by atoms with van der Waals surface area (Å²) in [5.41, 5.74) is 6.62. The SMILES string of the molecule is NCCc1cccc(Cl)c1Oc1ccc(I)cc1. The van der Waals surface area contributed by atoms with Gasteiger partial charge in [-0.15, -0.1) is 0 Å². The fraction of sp³-hybridized carbons (Fsp3) is 0.143. The first-order valence-corrected chi connectivity index (χ1v) is 7.07. The first-order chi connectivity index (χ1) is 8.70. The Bertz CT molecular complexity index is 528. The average molecular weight is 374 g/mol.